The minimum atomic E-state index is -0.488. The molecule has 6 heteroatoms. The number of nitrogens with one attached hydrogen (secondary N) is 1. The zero-order valence-electron chi connectivity index (χ0n) is 13.7. The number of nitrogens with zero attached hydrogens (tertiary/aromatic N) is 1. The average Bonchev–Trinajstić information content (AvgIpc) is 2.64. The molecule has 1 N–H and O–H groups in total. The number of carbonyl (C=O) groups is 2. The van der Waals surface area contributed by atoms with E-state index >= 15 is 0 Å². The van der Waals surface area contributed by atoms with Crippen LogP contribution >= 0.6 is 0 Å². The molecule has 0 fully saturated rings. The van der Waals surface area contributed by atoms with Crippen LogP contribution in [-0.2, 0) is 22.7 Å². The van der Waals surface area contributed by atoms with Crippen LogP contribution in [0.3, 0.4) is 0 Å². The molecule has 0 atom stereocenters. The summed E-state index contributed by atoms with van der Waals surface area (Å²) in [5.74, 6) is -0.237. The molecule has 2 aromatic carbocycles. The molecule has 0 unspecified atom stereocenters. The third-order valence-electron chi connectivity index (χ3n) is 3.41. The Hall–Kier alpha value is -2.86. The van der Waals surface area contributed by atoms with Crippen molar-refractivity contribution in [2.45, 2.75) is 13.2 Å². The standard InChI is InChI=1S/C18H20N2O4/c1-20(23-2)17(21)16-10-8-14(9-11-16)12-19-18(22)24-13-15-6-4-3-5-7-15/h3-11H,12-13H2,1-2H3,(H,19,22). The molecule has 0 radical (unpaired) electrons. The fourth-order valence-corrected chi connectivity index (χ4v) is 1.98. The van der Waals surface area contributed by atoms with Gasteiger partial charge in [0, 0.05) is 19.2 Å². The van der Waals surface area contributed by atoms with Crippen molar-refractivity contribution >= 4 is 12.0 Å². The highest BCUT2D eigenvalue weighted by atomic mass is 16.7. The van der Waals surface area contributed by atoms with Crippen LogP contribution in [0.5, 0.6) is 0 Å². The normalized spacial score (nSPS) is 10.1. The molecule has 2 aromatic rings. The van der Waals surface area contributed by atoms with E-state index in [2.05, 4.69) is 5.32 Å². The molecule has 0 spiro atoms. The molecular weight excluding hydrogens is 308 g/mol. The molecule has 0 saturated heterocycles. The molecule has 24 heavy (non-hydrogen) atoms. The first-order valence-electron chi connectivity index (χ1n) is 7.46. The van der Waals surface area contributed by atoms with Crippen molar-refractivity contribution in [3.63, 3.8) is 0 Å². The monoisotopic (exact) mass is 328 g/mol. The SMILES string of the molecule is CON(C)C(=O)c1ccc(CNC(=O)OCc2ccccc2)cc1. The van der Waals surface area contributed by atoms with Crippen molar-refractivity contribution in [3.8, 4) is 0 Å². The summed E-state index contributed by atoms with van der Waals surface area (Å²) in [6.45, 7) is 0.547. The average molecular weight is 328 g/mol. The Morgan fingerprint density at radius 3 is 2.29 bits per heavy atom. The van der Waals surface area contributed by atoms with Gasteiger partial charge < -0.3 is 10.1 Å². The lowest BCUT2D eigenvalue weighted by Gasteiger charge is -2.13. The van der Waals surface area contributed by atoms with Crippen molar-refractivity contribution in [1.29, 1.82) is 0 Å². The Morgan fingerprint density at radius 2 is 1.67 bits per heavy atom. The molecule has 0 aliphatic carbocycles. The summed E-state index contributed by atoms with van der Waals surface area (Å²) < 4.78 is 5.13. The molecule has 0 aromatic heterocycles. The number of rotatable bonds is 6. The lowest BCUT2D eigenvalue weighted by molar-refractivity contribution is -0.0757. The summed E-state index contributed by atoms with van der Waals surface area (Å²) in [6.07, 6.45) is -0.488. The fourth-order valence-electron chi connectivity index (χ4n) is 1.98. The quantitative estimate of drug-likeness (QED) is 0.828. The first-order valence-corrected chi connectivity index (χ1v) is 7.46. The fraction of sp³-hybridized carbons (Fsp3) is 0.222. The van der Waals surface area contributed by atoms with Gasteiger partial charge in [0.15, 0.2) is 0 Å². The number of benzene rings is 2. The van der Waals surface area contributed by atoms with Crippen LogP contribution < -0.4 is 5.32 Å². The molecule has 2 amide bonds. The zero-order valence-corrected chi connectivity index (χ0v) is 13.7. The van der Waals surface area contributed by atoms with E-state index in [1.165, 1.54) is 7.11 Å². The second-order valence-electron chi connectivity index (χ2n) is 5.10. The predicted molar refractivity (Wildman–Crippen MR) is 89.0 cm³/mol. The number of hydrogen-bond donors (Lipinski definition) is 1. The van der Waals surface area contributed by atoms with Crippen LogP contribution in [0.15, 0.2) is 54.6 Å². The van der Waals surface area contributed by atoms with E-state index in [4.69, 9.17) is 9.57 Å². The Morgan fingerprint density at radius 1 is 1.00 bits per heavy atom. The molecule has 6 nitrogen and oxygen atoms in total. The summed E-state index contributed by atoms with van der Waals surface area (Å²) in [5, 5.41) is 3.82. The lowest BCUT2D eigenvalue weighted by Crippen LogP contribution is -2.25. The lowest BCUT2D eigenvalue weighted by atomic mass is 10.1. The van der Waals surface area contributed by atoms with Crippen molar-refractivity contribution in [2.24, 2.45) is 0 Å². The number of carbonyl (C=O) groups excluding carboxylic acids is 2. The van der Waals surface area contributed by atoms with Crippen LogP contribution in [0.4, 0.5) is 4.79 Å². The molecule has 126 valence electrons. The Bertz CT molecular complexity index is 671. The van der Waals surface area contributed by atoms with E-state index in [-0.39, 0.29) is 12.5 Å². The van der Waals surface area contributed by atoms with E-state index in [0.717, 1.165) is 16.2 Å². The van der Waals surface area contributed by atoms with E-state index in [1.54, 1.807) is 31.3 Å². The van der Waals surface area contributed by atoms with Crippen molar-refractivity contribution < 1.29 is 19.2 Å². The van der Waals surface area contributed by atoms with Crippen LogP contribution in [0, 0.1) is 0 Å². The summed E-state index contributed by atoms with van der Waals surface area (Å²) in [5.41, 5.74) is 2.30. The molecule has 0 bridgehead atoms. The van der Waals surface area contributed by atoms with Gasteiger partial charge in [-0.2, -0.15) is 0 Å². The predicted octanol–water partition coefficient (Wildman–Crippen LogP) is 2.75. The minimum Gasteiger partial charge on any atom is -0.445 e. The van der Waals surface area contributed by atoms with Crippen LogP contribution in [-0.4, -0.2) is 31.2 Å². The highest BCUT2D eigenvalue weighted by Gasteiger charge is 2.11. The molecule has 0 aliphatic rings. The van der Waals surface area contributed by atoms with Crippen LogP contribution in [0.25, 0.3) is 0 Å². The van der Waals surface area contributed by atoms with Gasteiger partial charge in [-0.1, -0.05) is 42.5 Å². The summed E-state index contributed by atoms with van der Waals surface area (Å²) in [7, 11) is 2.97. The molecular formula is C18H20N2O4. The Balaban J connectivity index is 1.79. The molecule has 0 aliphatic heterocycles. The number of amides is 2. The first kappa shape index (κ1) is 17.5. The summed E-state index contributed by atoms with van der Waals surface area (Å²) >= 11 is 0. The Kier molecular flexibility index (Phi) is 6.33. The molecule has 0 heterocycles. The summed E-state index contributed by atoms with van der Waals surface area (Å²) in [4.78, 5) is 28.4. The van der Waals surface area contributed by atoms with Crippen molar-refractivity contribution in [3.05, 3.63) is 71.3 Å². The van der Waals surface area contributed by atoms with Gasteiger partial charge in [0.25, 0.3) is 5.91 Å². The maximum Gasteiger partial charge on any atom is 0.407 e. The van der Waals surface area contributed by atoms with Crippen LogP contribution in [0.2, 0.25) is 0 Å². The maximum atomic E-state index is 11.9. The topological polar surface area (TPSA) is 67.9 Å². The number of hydrogen-bond acceptors (Lipinski definition) is 4. The van der Waals surface area contributed by atoms with Gasteiger partial charge in [-0.3, -0.25) is 9.63 Å². The Labute approximate surface area is 140 Å². The number of alkyl carbamates (subject to hydrolysis) is 1. The zero-order chi connectivity index (χ0) is 17.4. The second kappa shape index (κ2) is 8.69. The van der Waals surface area contributed by atoms with Gasteiger partial charge in [0.05, 0.1) is 7.11 Å². The van der Waals surface area contributed by atoms with Gasteiger partial charge in [-0.25, -0.2) is 9.86 Å². The van der Waals surface area contributed by atoms with E-state index in [1.807, 2.05) is 30.3 Å². The van der Waals surface area contributed by atoms with Gasteiger partial charge in [-0.05, 0) is 23.3 Å². The van der Waals surface area contributed by atoms with Gasteiger partial charge in [0.2, 0.25) is 0 Å². The largest absolute Gasteiger partial charge is 0.445 e. The smallest absolute Gasteiger partial charge is 0.407 e. The number of ether oxygens (including phenoxy) is 1. The van der Waals surface area contributed by atoms with Crippen molar-refractivity contribution in [1.82, 2.24) is 10.4 Å². The van der Waals surface area contributed by atoms with E-state index in [9.17, 15) is 9.59 Å². The van der Waals surface area contributed by atoms with E-state index in [0.29, 0.717) is 12.1 Å². The van der Waals surface area contributed by atoms with Gasteiger partial charge in [0.1, 0.15) is 6.61 Å². The highest BCUT2D eigenvalue weighted by Crippen LogP contribution is 2.07. The van der Waals surface area contributed by atoms with E-state index < -0.39 is 6.09 Å². The van der Waals surface area contributed by atoms with Crippen molar-refractivity contribution in [2.75, 3.05) is 14.2 Å². The third kappa shape index (κ3) is 5.10. The molecule has 2 rings (SSSR count). The minimum absolute atomic E-state index is 0.226. The molecule has 0 saturated carbocycles. The maximum absolute atomic E-state index is 11.9. The third-order valence-corrected chi connectivity index (χ3v) is 3.41. The van der Waals surface area contributed by atoms with Crippen LogP contribution in [0.1, 0.15) is 21.5 Å². The van der Waals surface area contributed by atoms with Gasteiger partial charge in [-0.15, -0.1) is 0 Å². The first-order chi connectivity index (χ1) is 11.6. The van der Waals surface area contributed by atoms with Gasteiger partial charge >= 0.3 is 6.09 Å². The number of hydroxylamine groups is 2. The second-order valence-corrected chi connectivity index (χ2v) is 5.10. The summed E-state index contributed by atoms with van der Waals surface area (Å²) in [6, 6.07) is 16.4. The highest BCUT2D eigenvalue weighted by molar-refractivity contribution is 5.93.